The predicted octanol–water partition coefficient (Wildman–Crippen LogP) is 3.29. The molecule has 0 nitrogen and oxygen atoms in total. The maximum atomic E-state index is 5.69. The summed E-state index contributed by atoms with van der Waals surface area (Å²) in [6.07, 6.45) is 0. The van der Waals surface area contributed by atoms with E-state index in [1.54, 1.807) is 0 Å². The maximum absolute atomic E-state index is 5.69. The van der Waals surface area contributed by atoms with Gasteiger partial charge in [-0.15, -0.1) is 24.0 Å². The van der Waals surface area contributed by atoms with E-state index in [0.29, 0.717) is 0 Å². The Balaban J connectivity index is 3.14. The van der Waals surface area contributed by atoms with Gasteiger partial charge in [0.1, 0.15) is 4.34 Å². The second-order valence-electron chi connectivity index (χ2n) is 1.21. The van der Waals surface area contributed by atoms with Crippen molar-refractivity contribution in [2.24, 2.45) is 0 Å². The van der Waals surface area contributed by atoms with Gasteiger partial charge < -0.3 is 0 Å². The van der Waals surface area contributed by atoms with Crippen LogP contribution >= 0.6 is 58.2 Å². The molecule has 0 amide bonds. The fraction of sp³-hybridized carbons (Fsp3) is 0. The average Bonchev–Trinajstić information content (AvgIpc) is 1.85. The second-order valence-corrected chi connectivity index (χ2v) is 4.81. The van der Waals surface area contributed by atoms with Crippen LogP contribution < -0.4 is 0 Å². The first-order valence-electron chi connectivity index (χ1n) is 1.84. The van der Waals surface area contributed by atoms with Gasteiger partial charge in [0.2, 0.25) is 0 Å². The average molecular weight is 277 g/mol. The van der Waals surface area contributed by atoms with E-state index in [1.165, 1.54) is 11.3 Å². The standard InChI is InChI=1S/C4H2ClIS2/c5-4-2(6)1-3(7)8-4/h1,7H. The van der Waals surface area contributed by atoms with E-state index in [0.717, 1.165) is 12.1 Å². The molecular weight excluding hydrogens is 275 g/mol. The Morgan fingerprint density at radius 3 is 2.50 bits per heavy atom. The zero-order chi connectivity index (χ0) is 6.15. The first-order chi connectivity index (χ1) is 3.70. The molecule has 1 aromatic heterocycles. The van der Waals surface area contributed by atoms with Crippen molar-refractivity contribution in [3.63, 3.8) is 0 Å². The molecule has 0 aromatic carbocycles. The van der Waals surface area contributed by atoms with Crippen LogP contribution in [-0.4, -0.2) is 0 Å². The molecular formula is C4H2ClIS2. The van der Waals surface area contributed by atoms with E-state index in [9.17, 15) is 0 Å². The first kappa shape index (κ1) is 7.18. The van der Waals surface area contributed by atoms with Crippen LogP contribution in [0.25, 0.3) is 0 Å². The molecule has 0 fully saturated rings. The van der Waals surface area contributed by atoms with Gasteiger partial charge in [0.05, 0.1) is 4.21 Å². The van der Waals surface area contributed by atoms with Gasteiger partial charge in [-0.1, -0.05) is 11.6 Å². The van der Waals surface area contributed by atoms with E-state index in [1.807, 2.05) is 6.07 Å². The van der Waals surface area contributed by atoms with Crippen LogP contribution in [0.3, 0.4) is 0 Å². The molecule has 0 saturated carbocycles. The van der Waals surface area contributed by atoms with Crippen molar-refractivity contribution >= 4 is 58.2 Å². The van der Waals surface area contributed by atoms with Crippen molar-refractivity contribution in [1.29, 1.82) is 0 Å². The summed E-state index contributed by atoms with van der Waals surface area (Å²) in [6, 6.07) is 1.94. The Bertz CT molecular complexity index is 176. The van der Waals surface area contributed by atoms with Crippen molar-refractivity contribution in [3.8, 4) is 0 Å². The second kappa shape index (κ2) is 2.77. The molecule has 0 unspecified atom stereocenters. The minimum Gasteiger partial charge on any atom is -0.133 e. The molecule has 1 rings (SSSR count). The van der Waals surface area contributed by atoms with E-state index in [4.69, 9.17) is 11.6 Å². The molecule has 0 N–H and O–H groups in total. The lowest BCUT2D eigenvalue weighted by molar-refractivity contribution is 1.71. The summed E-state index contributed by atoms with van der Waals surface area (Å²) in [4.78, 5) is 0. The molecule has 1 aromatic rings. The molecule has 8 heavy (non-hydrogen) atoms. The highest BCUT2D eigenvalue weighted by molar-refractivity contribution is 14.1. The molecule has 44 valence electrons. The summed E-state index contributed by atoms with van der Waals surface area (Å²) >= 11 is 13.5. The van der Waals surface area contributed by atoms with Crippen LogP contribution in [-0.2, 0) is 0 Å². The molecule has 0 bridgehead atoms. The topological polar surface area (TPSA) is 0 Å². The lowest BCUT2D eigenvalue weighted by Crippen LogP contribution is -1.52. The van der Waals surface area contributed by atoms with E-state index < -0.39 is 0 Å². The number of hydrogen-bond donors (Lipinski definition) is 1. The summed E-state index contributed by atoms with van der Waals surface area (Å²) in [5.74, 6) is 0. The Hall–Kier alpha value is 1.07. The monoisotopic (exact) mass is 276 g/mol. The highest BCUT2D eigenvalue weighted by atomic mass is 127. The van der Waals surface area contributed by atoms with E-state index in [2.05, 4.69) is 35.2 Å². The fourth-order valence-electron chi connectivity index (χ4n) is 0.335. The smallest absolute Gasteiger partial charge is 0.107 e. The zero-order valence-electron chi connectivity index (χ0n) is 3.69. The molecule has 0 aliphatic heterocycles. The fourth-order valence-corrected chi connectivity index (χ4v) is 2.82. The lowest BCUT2D eigenvalue weighted by atomic mass is 10.7. The number of thiol groups is 1. The van der Waals surface area contributed by atoms with Gasteiger partial charge in [-0.25, -0.2) is 0 Å². The minimum atomic E-state index is 0.829. The summed E-state index contributed by atoms with van der Waals surface area (Å²) in [6.45, 7) is 0. The van der Waals surface area contributed by atoms with Crippen molar-refractivity contribution in [1.82, 2.24) is 0 Å². The summed E-state index contributed by atoms with van der Waals surface area (Å²) in [7, 11) is 0. The van der Waals surface area contributed by atoms with Gasteiger partial charge in [-0.05, 0) is 28.7 Å². The van der Waals surface area contributed by atoms with E-state index >= 15 is 0 Å². The van der Waals surface area contributed by atoms with Crippen LogP contribution in [0.5, 0.6) is 0 Å². The van der Waals surface area contributed by atoms with Gasteiger partial charge >= 0.3 is 0 Å². The van der Waals surface area contributed by atoms with Gasteiger partial charge in [0.25, 0.3) is 0 Å². The maximum Gasteiger partial charge on any atom is 0.107 e. The van der Waals surface area contributed by atoms with Crippen molar-refractivity contribution < 1.29 is 0 Å². The Labute approximate surface area is 75.8 Å². The third-order valence-corrected chi connectivity index (χ3v) is 3.73. The van der Waals surface area contributed by atoms with Gasteiger partial charge in [0.15, 0.2) is 0 Å². The third kappa shape index (κ3) is 1.52. The van der Waals surface area contributed by atoms with Crippen LogP contribution in [0.4, 0.5) is 0 Å². The molecule has 1 heterocycles. The van der Waals surface area contributed by atoms with Crippen molar-refractivity contribution in [2.75, 3.05) is 0 Å². The number of hydrogen-bond acceptors (Lipinski definition) is 2. The van der Waals surface area contributed by atoms with Crippen LogP contribution in [0, 0.1) is 3.57 Å². The predicted molar refractivity (Wildman–Crippen MR) is 49.3 cm³/mol. The Kier molecular flexibility index (Phi) is 2.49. The third-order valence-electron chi connectivity index (χ3n) is 0.632. The quantitative estimate of drug-likeness (QED) is 0.545. The summed E-state index contributed by atoms with van der Waals surface area (Å²) in [5, 5.41) is 0. The highest BCUT2D eigenvalue weighted by Crippen LogP contribution is 2.30. The van der Waals surface area contributed by atoms with Gasteiger partial charge in [0, 0.05) is 3.57 Å². The van der Waals surface area contributed by atoms with Crippen LogP contribution in [0.1, 0.15) is 0 Å². The molecule has 0 spiro atoms. The molecule has 0 atom stereocenters. The zero-order valence-corrected chi connectivity index (χ0v) is 8.31. The molecule has 4 heteroatoms. The first-order valence-corrected chi connectivity index (χ1v) is 4.56. The molecule has 0 aliphatic rings. The molecule has 0 radical (unpaired) electrons. The normalized spacial score (nSPS) is 9.88. The Morgan fingerprint density at radius 2 is 2.38 bits per heavy atom. The van der Waals surface area contributed by atoms with Crippen LogP contribution in [0.2, 0.25) is 4.34 Å². The lowest BCUT2D eigenvalue weighted by Gasteiger charge is -1.74. The summed E-state index contributed by atoms with van der Waals surface area (Å²) < 4.78 is 2.88. The number of halogens is 2. The Morgan fingerprint density at radius 1 is 1.75 bits per heavy atom. The molecule has 0 aliphatic carbocycles. The number of rotatable bonds is 0. The summed E-state index contributed by atoms with van der Waals surface area (Å²) in [5.41, 5.74) is 0. The number of thiophene rings is 1. The van der Waals surface area contributed by atoms with Crippen molar-refractivity contribution in [2.45, 2.75) is 4.21 Å². The highest BCUT2D eigenvalue weighted by Gasteiger charge is 1.98. The SMILES string of the molecule is Sc1cc(I)c(Cl)s1. The minimum absolute atomic E-state index is 0.829. The van der Waals surface area contributed by atoms with Gasteiger partial charge in [-0.2, -0.15) is 0 Å². The van der Waals surface area contributed by atoms with E-state index in [-0.39, 0.29) is 0 Å². The van der Waals surface area contributed by atoms with Crippen LogP contribution in [0.15, 0.2) is 10.3 Å². The van der Waals surface area contributed by atoms with Gasteiger partial charge in [-0.3, -0.25) is 0 Å². The largest absolute Gasteiger partial charge is 0.133 e. The molecule has 0 saturated heterocycles. The van der Waals surface area contributed by atoms with Crippen molar-refractivity contribution in [3.05, 3.63) is 14.0 Å².